The molecule has 32 heavy (non-hydrogen) atoms. The van der Waals surface area contributed by atoms with Crippen LogP contribution >= 0.6 is 34.8 Å². The number of halogens is 3. The SMILES string of the molecule is CCOC(=O)c1ccc(N(Cc2ccc(Cl)cc2Cl)C(=O)c2ccc(OC)c(Cl)c2)cc1. The summed E-state index contributed by atoms with van der Waals surface area (Å²) < 4.78 is 10.2. The number of carbonyl (C=O) groups excluding carboxylic acids is 2. The average molecular weight is 493 g/mol. The monoisotopic (exact) mass is 491 g/mol. The molecule has 166 valence electrons. The summed E-state index contributed by atoms with van der Waals surface area (Å²) in [4.78, 5) is 27.0. The van der Waals surface area contributed by atoms with E-state index in [0.717, 1.165) is 0 Å². The van der Waals surface area contributed by atoms with Crippen LogP contribution < -0.4 is 9.64 Å². The number of nitrogens with zero attached hydrogens (tertiary/aromatic N) is 1. The van der Waals surface area contributed by atoms with Crippen LogP contribution in [-0.2, 0) is 11.3 Å². The van der Waals surface area contributed by atoms with E-state index in [-0.39, 0.29) is 19.1 Å². The molecule has 0 bridgehead atoms. The first-order valence-electron chi connectivity index (χ1n) is 9.70. The molecule has 0 fully saturated rings. The van der Waals surface area contributed by atoms with E-state index >= 15 is 0 Å². The van der Waals surface area contributed by atoms with Gasteiger partial charge in [-0.3, -0.25) is 4.79 Å². The molecule has 8 heteroatoms. The normalized spacial score (nSPS) is 10.5. The van der Waals surface area contributed by atoms with Crippen LogP contribution in [0.4, 0.5) is 5.69 Å². The van der Waals surface area contributed by atoms with Crippen molar-refractivity contribution in [2.45, 2.75) is 13.5 Å². The van der Waals surface area contributed by atoms with E-state index in [9.17, 15) is 9.59 Å². The van der Waals surface area contributed by atoms with E-state index in [2.05, 4.69) is 0 Å². The number of methoxy groups -OCH3 is 1. The lowest BCUT2D eigenvalue weighted by Crippen LogP contribution is -2.30. The fraction of sp³-hybridized carbons (Fsp3) is 0.167. The Labute approximate surface area is 201 Å². The van der Waals surface area contributed by atoms with Gasteiger partial charge in [0.25, 0.3) is 5.91 Å². The molecule has 0 aliphatic heterocycles. The summed E-state index contributed by atoms with van der Waals surface area (Å²) in [7, 11) is 1.50. The molecule has 3 rings (SSSR count). The van der Waals surface area contributed by atoms with Gasteiger partial charge in [-0.05, 0) is 67.1 Å². The Balaban J connectivity index is 2.00. The average Bonchev–Trinajstić information content (AvgIpc) is 2.78. The molecule has 0 N–H and O–H groups in total. The van der Waals surface area contributed by atoms with Crippen molar-refractivity contribution in [1.29, 1.82) is 0 Å². The predicted molar refractivity (Wildman–Crippen MR) is 127 cm³/mol. The molecule has 0 spiro atoms. The number of anilines is 1. The van der Waals surface area contributed by atoms with Gasteiger partial charge < -0.3 is 14.4 Å². The number of hydrogen-bond donors (Lipinski definition) is 0. The lowest BCUT2D eigenvalue weighted by Gasteiger charge is -2.24. The number of benzene rings is 3. The smallest absolute Gasteiger partial charge is 0.338 e. The van der Waals surface area contributed by atoms with Crippen LogP contribution in [0.3, 0.4) is 0 Å². The van der Waals surface area contributed by atoms with Gasteiger partial charge in [0.05, 0.1) is 30.8 Å². The van der Waals surface area contributed by atoms with Gasteiger partial charge in [-0.2, -0.15) is 0 Å². The van der Waals surface area contributed by atoms with Crippen molar-refractivity contribution in [3.63, 3.8) is 0 Å². The highest BCUT2D eigenvalue weighted by Gasteiger charge is 2.21. The Bertz CT molecular complexity index is 1130. The van der Waals surface area contributed by atoms with Gasteiger partial charge >= 0.3 is 5.97 Å². The molecular weight excluding hydrogens is 473 g/mol. The summed E-state index contributed by atoms with van der Waals surface area (Å²) in [6.45, 7) is 2.19. The van der Waals surface area contributed by atoms with Crippen LogP contribution in [0, 0.1) is 0 Å². The standard InChI is InChI=1S/C24H20Cl3NO4/c1-3-32-24(30)15-5-9-19(10-6-15)28(14-17-4-8-18(25)13-20(17)26)23(29)16-7-11-22(31-2)21(27)12-16/h4-13H,3,14H2,1-2H3. The Morgan fingerprint density at radius 1 is 0.875 bits per heavy atom. The minimum absolute atomic E-state index is 0.178. The highest BCUT2D eigenvalue weighted by atomic mass is 35.5. The maximum absolute atomic E-state index is 13.5. The Kier molecular flexibility index (Phi) is 8.02. The molecule has 0 atom stereocenters. The zero-order valence-corrected chi connectivity index (χ0v) is 19.7. The molecule has 0 heterocycles. The summed E-state index contributed by atoms with van der Waals surface area (Å²) in [6.07, 6.45) is 0. The fourth-order valence-corrected chi connectivity index (χ4v) is 3.77. The molecule has 0 aromatic heterocycles. The van der Waals surface area contributed by atoms with Gasteiger partial charge in [0.2, 0.25) is 0 Å². The van der Waals surface area contributed by atoms with Crippen LogP contribution in [0.1, 0.15) is 33.2 Å². The van der Waals surface area contributed by atoms with Crippen molar-refractivity contribution >= 4 is 52.4 Å². The number of amides is 1. The number of hydrogen-bond acceptors (Lipinski definition) is 4. The van der Waals surface area contributed by atoms with E-state index in [1.54, 1.807) is 72.5 Å². The zero-order valence-electron chi connectivity index (χ0n) is 17.4. The first-order chi connectivity index (χ1) is 15.3. The van der Waals surface area contributed by atoms with Crippen molar-refractivity contribution in [3.05, 3.63) is 92.4 Å². The predicted octanol–water partition coefficient (Wildman–Crippen LogP) is 6.68. The molecule has 0 aliphatic rings. The molecule has 0 saturated heterocycles. The van der Waals surface area contributed by atoms with Crippen LogP contribution in [0.2, 0.25) is 15.1 Å². The number of esters is 1. The summed E-state index contributed by atoms with van der Waals surface area (Å²) in [5.41, 5.74) is 2.04. The van der Waals surface area contributed by atoms with Crippen LogP contribution in [-0.4, -0.2) is 25.6 Å². The highest BCUT2D eigenvalue weighted by molar-refractivity contribution is 6.35. The first kappa shape index (κ1) is 23.9. The van der Waals surface area contributed by atoms with Gasteiger partial charge in [0.1, 0.15) is 5.75 Å². The second-order valence-electron chi connectivity index (χ2n) is 6.74. The van der Waals surface area contributed by atoms with E-state index in [1.807, 2.05) is 0 Å². The number of rotatable bonds is 7. The van der Waals surface area contributed by atoms with Crippen molar-refractivity contribution in [2.75, 3.05) is 18.6 Å². The van der Waals surface area contributed by atoms with Crippen molar-refractivity contribution < 1.29 is 19.1 Å². The minimum atomic E-state index is -0.431. The molecule has 3 aromatic carbocycles. The molecule has 0 aliphatic carbocycles. The van der Waals surface area contributed by atoms with Crippen LogP contribution in [0.25, 0.3) is 0 Å². The largest absolute Gasteiger partial charge is 0.495 e. The highest BCUT2D eigenvalue weighted by Crippen LogP contribution is 2.29. The molecule has 0 radical (unpaired) electrons. The minimum Gasteiger partial charge on any atom is -0.495 e. The van der Waals surface area contributed by atoms with Crippen LogP contribution in [0.5, 0.6) is 5.75 Å². The summed E-state index contributed by atoms with van der Waals surface area (Å²) in [6, 6.07) is 16.5. The molecule has 0 saturated carbocycles. The van der Waals surface area contributed by atoms with Gasteiger partial charge in [-0.25, -0.2) is 4.79 Å². The molecule has 5 nitrogen and oxygen atoms in total. The summed E-state index contributed by atoms with van der Waals surface area (Å²) in [5, 5.41) is 1.25. The quantitative estimate of drug-likeness (QED) is 0.345. The zero-order chi connectivity index (χ0) is 23.3. The van der Waals surface area contributed by atoms with Gasteiger partial charge in [0, 0.05) is 21.3 Å². The van der Waals surface area contributed by atoms with Gasteiger partial charge in [-0.15, -0.1) is 0 Å². The number of carbonyl (C=O) groups is 2. The Hall–Kier alpha value is -2.73. The molecule has 3 aromatic rings. The lowest BCUT2D eigenvalue weighted by molar-refractivity contribution is 0.0526. The third kappa shape index (κ3) is 5.54. The van der Waals surface area contributed by atoms with Crippen molar-refractivity contribution in [1.82, 2.24) is 0 Å². The Morgan fingerprint density at radius 3 is 2.16 bits per heavy atom. The summed E-state index contributed by atoms with van der Waals surface area (Å²) in [5.74, 6) is -0.265. The second-order valence-corrected chi connectivity index (χ2v) is 7.99. The molecule has 1 amide bonds. The van der Waals surface area contributed by atoms with Crippen molar-refractivity contribution in [2.24, 2.45) is 0 Å². The second kappa shape index (κ2) is 10.7. The third-order valence-electron chi connectivity index (χ3n) is 4.68. The van der Waals surface area contributed by atoms with Crippen molar-refractivity contribution in [3.8, 4) is 5.75 Å². The topological polar surface area (TPSA) is 55.8 Å². The van der Waals surface area contributed by atoms with E-state index in [4.69, 9.17) is 44.3 Å². The third-order valence-corrected chi connectivity index (χ3v) is 5.56. The molecular formula is C24H20Cl3NO4. The number of ether oxygens (including phenoxy) is 2. The first-order valence-corrected chi connectivity index (χ1v) is 10.8. The lowest BCUT2D eigenvalue weighted by atomic mass is 10.1. The van der Waals surface area contributed by atoms with Crippen LogP contribution in [0.15, 0.2) is 60.7 Å². The van der Waals surface area contributed by atoms with Gasteiger partial charge in [0.15, 0.2) is 0 Å². The maximum Gasteiger partial charge on any atom is 0.338 e. The maximum atomic E-state index is 13.5. The van der Waals surface area contributed by atoms with E-state index < -0.39 is 5.97 Å². The molecule has 0 unspecified atom stereocenters. The van der Waals surface area contributed by atoms with E-state index in [1.165, 1.54) is 7.11 Å². The fourth-order valence-electron chi connectivity index (χ4n) is 3.05. The van der Waals surface area contributed by atoms with Gasteiger partial charge in [-0.1, -0.05) is 40.9 Å². The Morgan fingerprint density at radius 2 is 1.56 bits per heavy atom. The van der Waals surface area contributed by atoms with E-state index in [0.29, 0.717) is 43.2 Å². The summed E-state index contributed by atoms with van der Waals surface area (Å²) >= 11 is 18.6.